The summed E-state index contributed by atoms with van der Waals surface area (Å²) < 4.78 is 1.08. The third kappa shape index (κ3) is 4.42. The monoisotopic (exact) mass is 475 g/mol. The van der Waals surface area contributed by atoms with Crippen LogP contribution in [0.25, 0.3) is 10.8 Å². The van der Waals surface area contributed by atoms with Crippen molar-refractivity contribution in [3.63, 3.8) is 0 Å². The summed E-state index contributed by atoms with van der Waals surface area (Å²) in [7, 11) is 0. The highest BCUT2D eigenvalue weighted by molar-refractivity contribution is 9.11. The Morgan fingerprint density at radius 2 is 1.77 bits per heavy atom. The molecule has 3 rings (SSSR count). The molecule has 0 saturated heterocycles. The first kappa shape index (κ1) is 18.4. The van der Waals surface area contributed by atoms with E-state index in [1.54, 1.807) is 12.1 Å². The first-order chi connectivity index (χ1) is 12.5. The SMILES string of the molecule is O=C(CNc1cccc2ccccc12)NN=Cc1cc(Br)c(O)c(Br)c1. The van der Waals surface area contributed by atoms with Crippen LogP contribution in [0.1, 0.15) is 5.56 Å². The second-order valence-corrected chi connectivity index (χ2v) is 7.22. The van der Waals surface area contributed by atoms with Crippen LogP contribution in [0.2, 0.25) is 0 Å². The highest BCUT2D eigenvalue weighted by atomic mass is 79.9. The average Bonchev–Trinajstić information content (AvgIpc) is 2.64. The molecule has 0 heterocycles. The van der Waals surface area contributed by atoms with Gasteiger partial charge in [-0.15, -0.1) is 0 Å². The number of phenols is 1. The highest BCUT2D eigenvalue weighted by Crippen LogP contribution is 2.32. The van der Waals surface area contributed by atoms with E-state index in [1.165, 1.54) is 6.21 Å². The molecule has 0 aromatic heterocycles. The van der Waals surface area contributed by atoms with Crippen molar-refractivity contribution in [2.75, 3.05) is 11.9 Å². The van der Waals surface area contributed by atoms with Gasteiger partial charge in [-0.25, -0.2) is 5.43 Å². The van der Waals surface area contributed by atoms with Crippen LogP contribution < -0.4 is 10.7 Å². The van der Waals surface area contributed by atoms with E-state index < -0.39 is 0 Å². The molecule has 0 unspecified atom stereocenters. The van der Waals surface area contributed by atoms with Crippen LogP contribution in [0, 0.1) is 0 Å². The number of anilines is 1. The van der Waals surface area contributed by atoms with E-state index in [1.807, 2.05) is 42.5 Å². The Balaban J connectivity index is 1.59. The number of hydrazone groups is 1. The maximum Gasteiger partial charge on any atom is 0.259 e. The number of phenolic OH excluding ortho intramolecular Hbond substituents is 1. The first-order valence-corrected chi connectivity index (χ1v) is 9.35. The van der Waals surface area contributed by atoms with Crippen molar-refractivity contribution in [2.45, 2.75) is 0 Å². The number of hydrogen-bond acceptors (Lipinski definition) is 4. The minimum Gasteiger partial charge on any atom is -0.506 e. The molecule has 0 bridgehead atoms. The standard InChI is InChI=1S/C19H15Br2N3O2/c20-15-8-12(9-16(21)19(15)26)10-23-24-18(25)11-22-17-7-3-5-13-4-1-2-6-14(13)17/h1-10,22,26H,11H2,(H,24,25). The summed E-state index contributed by atoms with van der Waals surface area (Å²) >= 11 is 6.50. The molecule has 132 valence electrons. The van der Waals surface area contributed by atoms with Crippen LogP contribution in [-0.2, 0) is 4.79 Å². The Bertz CT molecular complexity index is 961. The molecule has 0 saturated carbocycles. The van der Waals surface area contributed by atoms with Gasteiger partial charge < -0.3 is 10.4 Å². The Labute approximate surface area is 167 Å². The van der Waals surface area contributed by atoms with Gasteiger partial charge in [0.25, 0.3) is 5.91 Å². The number of rotatable bonds is 5. The van der Waals surface area contributed by atoms with Crippen molar-refractivity contribution in [2.24, 2.45) is 5.10 Å². The number of fused-ring (bicyclic) bond motifs is 1. The second kappa shape index (κ2) is 8.33. The lowest BCUT2D eigenvalue weighted by Crippen LogP contribution is -2.25. The lowest BCUT2D eigenvalue weighted by molar-refractivity contribution is -0.119. The summed E-state index contributed by atoms with van der Waals surface area (Å²) in [5.74, 6) is -0.142. The highest BCUT2D eigenvalue weighted by Gasteiger charge is 2.05. The molecule has 3 N–H and O–H groups in total. The summed E-state index contributed by atoms with van der Waals surface area (Å²) in [5.41, 5.74) is 4.10. The van der Waals surface area contributed by atoms with Gasteiger partial charge in [0.1, 0.15) is 5.75 Å². The van der Waals surface area contributed by atoms with Crippen molar-refractivity contribution in [3.8, 4) is 5.75 Å². The van der Waals surface area contributed by atoms with E-state index in [0.717, 1.165) is 22.0 Å². The fourth-order valence-corrected chi connectivity index (χ4v) is 3.65. The van der Waals surface area contributed by atoms with Gasteiger partial charge in [-0.05, 0) is 61.0 Å². The van der Waals surface area contributed by atoms with E-state index >= 15 is 0 Å². The normalized spacial score (nSPS) is 11.0. The maximum absolute atomic E-state index is 12.0. The van der Waals surface area contributed by atoms with Gasteiger partial charge in [0, 0.05) is 11.1 Å². The topological polar surface area (TPSA) is 73.7 Å². The average molecular weight is 477 g/mol. The molecule has 0 aliphatic rings. The molecule has 0 spiro atoms. The first-order valence-electron chi connectivity index (χ1n) is 7.76. The van der Waals surface area contributed by atoms with Crippen molar-refractivity contribution < 1.29 is 9.90 Å². The van der Waals surface area contributed by atoms with Crippen LogP contribution in [0.4, 0.5) is 5.69 Å². The maximum atomic E-state index is 12.0. The smallest absolute Gasteiger partial charge is 0.259 e. The fraction of sp³-hybridized carbons (Fsp3) is 0.0526. The Morgan fingerprint density at radius 3 is 2.54 bits per heavy atom. The molecule has 3 aromatic carbocycles. The summed E-state index contributed by atoms with van der Waals surface area (Å²) in [5, 5.41) is 18.9. The molecule has 7 heteroatoms. The van der Waals surface area contributed by atoms with Gasteiger partial charge >= 0.3 is 0 Å². The van der Waals surface area contributed by atoms with Crippen LogP contribution in [0.5, 0.6) is 5.75 Å². The molecule has 5 nitrogen and oxygen atoms in total. The van der Waals surface area contributed by atoms with Crippen LogP contribution in [-0.4, -0.2) is 23.8 Å². The molecular formula is C19H15Br2N3O2. The predicted molar refractivity (Wildman–Crippen MR) is 112 cm³/mol. The largest absolute Gasteiger partial charge is 0.506 e. The summed E-state index contributed by atoms with van der Waals surface area (Å²) in [6, 6.07) is 17.3. The zero-order valence-corrected chi connectivity index (χ0v) is 16.7. The van der Waals surface area contributed by atoms with Gasteiger partial charge in [0.2, 0.25) is 0 Å². The number of nitrogens with one attached hydrogen (secondary N) is 2. The summed E-state index contributed by atoms with van der Waals surface area (Å²) in [6.07, 6.45) is 1.50. The van der Waals surface area contributed by atoms with Crippen LogP contribution in [0.15, 0.2) is 68.6 Å². The molecule has 3 aromatic rings. The van der Waals surface area contributed by atoms with Crippen molar-refractivity contribution >= 4 is 60.4 Å². The summed E-state index contributed by atoms with van der Waals surface area (Å²) in [6.45, 7) is 0.105. The molecule has 1 amide bonds. The van der Waals surface area contributed by atoms with Gasteiger partial charge in [-0.3, -0.25) is 4.79 Å². The Morgan fingerprint density at radius 1 is 1.08 bits per heavy atom. The molecular weight excluding hydrogens is 462 g/mol. The lowest BCUT2D eigenvalue weighted by atomic mass is 10.1. The molecule has 0 fully saturated rings. The second-order valence-electron chi connectivity index (χ2n) is 5.51. The number of aromatic hydroxyl groups is 1. The van der Waals surface area contributed by atoms with E-state index in [2.05, 4.69) is 47.7 Å². The molecule has 26 heavy (non-hydrogen) atoms. The Hall–Kier alpha value is -2.38. The third-order valence-corrected chi connectivity index (χ3v) is 4.88. The predicted octanol–water partition coefficient (Wildman–Crippen LogP) is 4.63. The minimum absolute atomic E-state index is 0.105. The summed E-state index contributed by atoms with van der Waals surface area (Å²) in [4.78, 5) is 12.0. The number of benzene rings is 3. The number of hydrogen-bond donors (Lipinski definition) is 3. The van der Waals surface area contributed by atoms with Gasteiger partial charge in [0.15, 0.2) is 0 Å². The van der Waals surface area contributed by atoms with E-state index in [-0.39, 0.29) is 18.2 Å². The number of halogens is 2. The van der Waals surface area contributed by atoms with E-state index in [4.69, 9.17) is 0 Å². The van der Waals surface area contributed by atoms with Gasteiger partial charge in [-0.2, -0.15) is 5.10 Å². The lowest BCUT2D eigenvalue weighted by Gasteiger charge is -2.08. The van der Waals surface area contributed by atoms with Gasteiger partial charge in [0.05, 0.1) is 21.7 Å². The molecule has 0 radical (unpaired) electrons. The van der Waals surface area contributed by atoms with Crippen molar-refractivity contribution in [1.29, 1.82) is 0 Å². The fourth-order valence-electron chi connectivity index (χ4n) is 2.43. The minimum atomic E-state index is -0.258. The van der Waals surface area contributed by atoms with Gasteiger partial charge in [-0.1, -0.05) is 36.4 Å². The van der Waals surface area contributed by atoms with Crippen LogP contribution >= 0.6 is 31.9 Å². The number of nitrogens with zero attached hydrogens (tertiary/aromatic N) is 1. The Kier molecular flexibility index (Phi) is 5.90. The number of carbonyl (C=O) groups is 1. The number of amides is 1. The zero-order valence-electron chi connectivity index (χ0n) is 13.5. The molecule has 0 aliphatic carbocycles. The van der Waals surface area contributed by atoms with Crippen molar-refractivity contribution in [3.05, 3.63) is 69.1 Å². The zero-order chi connectivity index (χ0) is 18.5. The molecule has 0 atom stereocenters. The van der Waals surface area contributed by atoms with E-state index in [0.29, 0.717) is 8.95 Å². The third-order valence-electron chi connectivity index (χ3n) is 3.67. The number of carbonyl (C=O) groups excluding carboxylic acids is 1. The van der Waals surface area contributed by atoms with Crippen LogP contribution in [0.3, 0.4) is 0 Å². The quantitative estimate of drug-likeness (QED) is 0.371. The van der Waals surface area contributed by atoms with Crippen molar-refractivity contribution in [1.82, 2.24) is 5.43 Å². The molecule has 0 aliphatic heterocycles. The van der Waals surface area contributed by atoms with E-state index in [9.17, 15) is 9.90 Å².